The second kappa shape index (κ2) is 3.87. The summed E-state index contributed by atoms with van der Waals surface area (Å²) in [6, 6.07) is 7.95. The van der Waals surface area contributed by atoms with Gasteiger partial charge in [-0.1, -0.05) is 64.6 Å². The first-order chi connectivity index (χ1) is 5.47. The Hall–Kier alpha value is 0.0900. The highest BCUT2D eigenvalue weighted by Gasteiger charge is 2.19. The van der Waals surface area contributed by atoms with E-state index < -0.39 is 3.79 Å². The average molecular weight is 224 g/mol. The van der Waals surface area contributed by atoms with Crippen LogP contribution in [-0.4, -0.2) is 3.79 Å². The van der Waals surface area contributed by atoms with Crippen molar-refractivity contribution in [1.82, 2.24) is 0 Å². The fourth-order valence-corrected chi connectivity index (χ4v) is 1.40. The van der Waals surface area contributed by atoms with Crippen LogP contribution in [0.25, 0.3) is 0 Å². The normalized spacial score (nSPS) is 11.7. The van der Waals surface area contributed by atoms with Crippen molar-refractivity contribution in [3.63, 3.8) is 0 Å². The quantitative estimate of drug-likeness (QED) is 0.633. The fraction of sp³-hybridized carbons (Fsp3) is 0.333. The molecule has 0 aromatic heterocycles. The number of aryl methyl sites for hydroxylation is 1. The maximum absolute atomic E-state index is 5.64. The molecule has 0 amide bonds. The fourth-order valence-electron chi connectivity index (χ4n) is 0.937. The Morgan fingerprint density at radius 1 is 1.08 bits per heavy atom. The molecule has 12 heavy (non-hydrogen) atoms. The van der Waals surface area contributed by atoms with Crippen LogP contribution in [0.5, 0.6) is 0 Å². The molecule has 3 heteroatoms. The van der Waals surface area contributed by atoms with Gasteiger partial charge in [0.25, 0.3) is 0 Å². The number of halogens is 3. The van der Waals surface area contributed by atoms with Crippen LogP contribution in [0.4, 0.5) is 0 Å². The Kier molecular flexibility index (Phi) is 3.28. The van der Waals surface area contributed by atoms with Crippen molar-refractivity contribution in [2.24, 2.45) is 0 Å². The standard InChI is InChI=1S/C9H9Cl3/c1-7-2-4-8(5-3-7)6-9(10,11)12/h2-5H,6H2,1H3. The van der Waals surface area contributed by atoms with Gasteiger partial charge in [0, 0.05) is 6.42 Å². The van der Waals surface area contributed by atoms with Crippen molar-refractivity contribution < 1.29 is 0 Å². The Morgan fingerprint density at radius 3 is 2.00 bits per heavy atom. The molecule has 1 aromatic carbocycles. The van der Waals surface area contributed by atoms with Crippen molar-refractivity contribution in [2.45, 2.75) is 17.1 Å². The van der Waals surface area contributed by atoms with Gasteiger partial charge in [0.15, 0.2) is 3.79 Å². The van der Waals surface area contributed by atoms with Gasteiger partial charge in [-0.2, -0.15) is 0 Å². The summed E-state index contributed by atoms with van der Waals surface area (Å²) in [4.78, 5) is 0. The van der Waals surface area contributed by atoms with Crippen LogP contribution in [0, 0.1) is 6.92 Å². The maximum atomic E-state index is 5.64. The van der Waals surface area contributed by atoms with Gasteiger partial charge < -0.3 is 0 Å². The van der Waals surface area contributed by atoms with Crippen LogP contribution in [-0.2, 0) is 6.42 Å². The number of alkyl halides is 3. The molecule has 0 spiro atoms. The van der Waals surface area contributed by atoms with E-state index in [2.05, 4.69) is 0 Å². The van der Waals surface area contributed by atoms with Gasteiger partial charge in [-0.15, -0.1) is 0 Å². The topological polar surface area (TPSA) is 0 Å². The molecule has 0 aliphatic heterocycles. The lowest BCUT2D eigenvalue weighted by atomic mass is 10.1. The zero-order valence-electron chi connectivity index (χ0n) is 6.65. The van der Waals surface area contributed by atoms with Gasteiger partial charge in [-0.05, 0) is 12.5 Å². The first-order valence-corrected chi connectivity index (χ1v) is 4.73. The lowest BCUT2D eigenvalue weighted by Gasteiger charge is -2.10. The highest BCUT2D eigenvalue weighted by atomic mass is 35.6. The van der Waals surface area contributed by atoms with E-state index in [1.165, 1.54) is 5.56 Å². The second-order valence-corrected chi connectivity index (χ2v) is 5.29. The molecule has 0 heterocycles. The van der Waals surface area contributed by atoms with Gasteiger partial charge in [0.05, 0.1) is 0 Å². The molecule has 0 unspecified atom stereocenters. The molecule has 0 atom stereocenters. The van der Waals surface area contributed by atoms with E-state index in [0.29, 0.717) is 6.42 Å². The minimum absolute atomic E-state index is 0.456. The van der Waals surface area contributed by atoms with Crippen molar-refractivity contribution in [3.8, 4) is 0 Å². The monoisotopic (exact) mass is 222 g/mol. The third-order valence-electron chi connectivity index (χ3n) is 1.53. The zero-order valence-corrected chi connectivity index (χ0v) is 8.92. The van der Waals surface area contributed by atoms with Crippen LogP contribution >= 0.6 is 34.8 Å². The largest absolute Gasteiger partial charge is 0.194 e. The van der Waals surface area contributed by atoms with Crippen molar-refractivity contribution in [1.29, 1.82) is 0 Å². The molecule has 0 fully saturated rings. The number of rotatable bonds is 1. The van der Waals surface area contributed by atoms with Crippen LogP contribution in [0.15, 0.2) is 24.3 Å². The smallest absolute Gasteiger partial charge is 0.0833 e. The molecule has 0 aliphatic carbocycles. The predicted octanol–water partition coefficient (Wildman–Crippen LogP) is 3.91. The average Bonchev–Trinajstić information content (AvgIpc) is 1.91. The van der Waals surface area contributed by atoms with Crippen LogP contribution in [0.1, 0.15) is 11.1 Å². The Labute approximate surface area is 87.4 Å². The first-order valence-electron chi connectivity index (χ1n) is 3.60. The Morgan fingerprint density at radius 2 is 1.58 bits per heavy atom. The van der Waals surface area contributed by atoms with Gasteiger partial charge >= 0.3 is 0 Å². The van der Waals surface area contributed by atoms with Crippen LogP contribution < -0.4 is 0 Å². The molecular formula is C9H9Cl3. The molecule has 0 saturated carbocycles. The SMILES string of the molecule is Cc1ccc(CC(Cl)(Cl)Cl)cc1. The molecule has 1 rings (SSSR count). The first kappa shape index (κ1) is 10.2. The van der Waals surface area contributed by atoms with Gasteiger partial charge in [-0.3, -0.25) is 0 Å². The molecule has 0 N–H and O–H groups in total. The van der Waals surface area contributed by atoms with Gasteiger partial charge in [-0.25, -0.2) is 0 Å². The lowest BCUT2D eigenvalue weighted by Crippen LogP contribution is -2.06. The summed E-state index contributed by atoms with van der Waals surface area (Å²) in [6.07, 6.45) is 0.456. The summed E-state index contributed by atoms with van der Waals surface area (Å²) in [6.45, 7) is 2.03. The van der Waals surface area contributed by atoms with E-state index in [9.17, 15) is 0 Å². The molecule has 0 saturated heterocycles. The summed E-state index contributed by atoms with van der Waals surface area (Å²) >= 11 is 16.9. The summed E-state index contributed by atoms with van der Waals surface area (Å²) in [7, 11) is 0. The molecule has 0 nitrogen and oxygen atoms in total. The molecule has 0 bridgehead atoms. The molecule has 0 aliphatic rings. The van der Waals surface area contributed by atoms with Crippen molar-refractivity contribution >= 4 is 34.8 Å². The van der Waals surface area contributed by atoms with E-state index in [1.807, 2.05) is 31.2 Å². The van der Waals surface area contributed by atoms with E-state index in [-0.39, 0.29) is 0 Å². The van der Waals surface area contributed by atoms with E-state index in [4.69, 9.17) is 34.8 Å². The summed E-state index contributed by atoms with van der Waals surface area (Å²) in [5.74, 6) is 0. The molecule has 0 radical (unpaired) electrons. The van der Waals surface area contributed by atoms with Crippen molar-refractivity contribution in [3.05, 3.63) is 35.4 Å². The summed E-state index contributed by atoms with van der Waals surface area (Å²) < 4.78 is -1.19. The Bertz CT molecular complexity index is 245. The number of hydrogen-bond donors (Lipinski definition) is 0. The maximum Gasteiger partial charge on any atom is 0.194 e. The highest BCUT2D eigenvalue weighted by molar-refractivity contribution is 6.67. The Balaban J connectivity index is 2.71. The van der Waals surface area contributed by atoms with Crippen LogP contribution in [0.3, 0.4) is 0 Å². The highest BCUT2D eigenvalue weighted by Crippen LogP contribution is 2.30. The summed E-state index contributed by atoms with van der Waals surface area (Å²) in [5.41, 5.74) is 2.25. The third-order valence-corrected chi connectivity index (χ3v) is 1.93. The van der Waals surface area contributed by atoms with Gasteiger partial charge in [0.2, 0.25) is 0 Å². The van der Waals surface area contributed by atoms with E-state index >= 15 is 0 Å². The number of hydrogen-bond acceptors (Lipinski definition) is 0. The zero-order chi connectivity index (χ0) is 9.19. The second-order valence-electron chi connectivity index (χ2n) is 2.78. The number of benzene rings is 1. The van der Waals surface area contributed by atoms with Gasteiger partial charge in [0.1, 0.15) is 0 Å². The van der Waals surface area contributed by atoms with Crippen molar-refractivity contribution in [2.75, 3.05) is 0 Å². The minimum atomic E-state index is -1.19. The van der Waals surface area contributed by atoms with Crippen LogP contribution in [0.2, 0.25) is 0 Å². The molecule has 66 valence electrons. The summed E-state index contributed by atoms with van der Waals surface area (Å²) in [5, 5.41) is 0. The molecular weight excluding hydrogens is 214 g/mol. The van der Waals surface area contributed by atoms with E-state index in [0.717, 1.165) is 5.56 Å². The molecule has 1 aromatic rings. The third kappa shape index (κ3) is 3.66. The van der Waals surface area contributed by atoms with E-state index in [1.54, 1.807) is 0 Å². The lowest BCUT2D eigenvalue weighted by molar-refractivity contribution is 1.02. The predicted molar refractivity (Wildman–Crippen MR) is 55.2 cm³/mol. The minimum Gasteiger partial charge on any atom is -0.0833 e.